The monoisotopic (exact) mass is 903 g/mol. The Hall–Kier alpha value is -5.08. The van der Waals surface area contributed by atoms with Crippen molar-refractivity contribution >= 4 is 54.7 Å². The summed E-state index contributed by atoms with van der Waals surface area (Å²) in [6.07, 6.45) is -8.43. The molecule has 16 heteroatoms. The fourth-order valence-corrected chi connectivity index (χ4v) is 8.99. The molecule has 7 nitrogen and oxygen atoms in total. The minimum absolute atomic E-state index is 0. The predicted molar refractivity (Wildman–Crippen MR) is 201 cm³/mol. The number of nitriles is 2. The molecule has 0 radical (unpaired) electrons. The summed E-state index contributed by atoms with van der Waals surface area (Å²) < 4.78 is 63.1. The Kier molecular flexibility index (Phi) is 25.0. The van der Waals surface area contributed by atoms with Crippen molar-refractivity contribution < 1.29 is 66.6 Å². The third-order valence-electron chi connectivity index (χ3n) is 6.48. The Bertz CT molecular complexity index is 1700. The summed E-state index contributed by atoms with van der Waals surface area (Å²) in [5.41, 5.74) is 1.28. The van der Waals surface area contributed by atoms with Crippen molar-refractivity contribution in [1.29, 1.82) is 10.5 Å². The maximum atomic E-state index is 10.5. The van der Waals surface area contributed by atoms with E-state index in [1.54, 1.807) is 12.1 Å². The Morgan fingerprint density at radius 3 is 0.875 bits per heavy atom. The fourth-order valence-electron chi connectivity index (χ4n) is 4.24. The molecular weight excluding hydrogens is 869 g/mol. The number of carbonyl (C=O) groups is 2. The number of halogens is 6. The molecule has 296 valence electrons. The van der Waals surface area contributed by atoms with Crippen LogP contribution >= 0.6 is 15.8 Å². The minimum atomic E-state index is -5.19. The normalized spacial score (nSPS) is 10.0. The standard InChI is InChI=1S/C32H29NP2.2C2HF3O2.2C2H3N.Pd/c1-6-16-28(17-7-1)33(26-34(29-18-8-2-9-19-29)30-20-10-3-11-21-30)27-35(31-22-12-4-13-23-31)32-24-14-5-15-25-32;2*3-2(4,5)1(6)7;2*1-2-3;/h1-25H,26-27H2;2*(H,6,7);2*1H3;/q;;;;;+2/p-2. The molecular formula is C40H35F6N3O4P2Pd. The van der Waals surface area contributed by atoms with Crippen LogP contribution in [0.1, 0.15) is 13.8 Å². The molecule has 5 aromatic rings. The van der Waals surface area contributed by atoms with Gasteiger partial charge in [-0.25, -0.2) is 0 Å². The fraction of sp³-hybridized carbons (Fsp3) is 0.150. The molecule has 0 N–H and O–H groups in total. The average molecular weight is 904 g/mol. The Morgan fingerprint density at radius 2 is 0.696 bits per heavy atom. The molecule has 0 spiro atoms. The average Bonchev–Trinajstić information content (AvgIpc) is 3.17. The molecule has 0 bridgehead atoms. The van der Waals surface area contributed by atoms with Crippen molar-refractivity contribution in [3.63, 3.8) is 0 Å². The molecule has 5 aromatic carbocycles. The molecule has 0 aromatic heterocycles. The zero-order valence-corrected chi connectivity index (χ0v) is 33.1. The number of hydrogen-bond donors (Lipinski definition) is 0. The van der Waals surface area contributed by atoms with Crippen LogP contribution in [-0.2, 0) is 30.0 Å². The van der Waals surface area contributed by atoms with Crippen molar-refractivity contribution in [3.05, 3.63) is 152 Å². The summed E-state index contributed by atoms with van der Waals surface area (Å²) >= 11 is 0. The first kappa shape index (κ1) is 50.9. The van der Waals surface area contributed by atoms with E-state index in [4.69, 9.17) is 30.3 Å². The molecule has 56 heavy (non-hydrogen) atoms. The van der Waals surface area contributed by atoms with Gasteiger partial charge >= 0.3 is 32.8 Å². The number of carboxylic acids is 2. The van der Waals surface area contributed by atoms with Crippen LogP contribution < -0.4 is 36.3 Å². The Balaban J connectivity index is 0.00000120. The predicted octanol–water partition coefficient (Wildman–Crippen LogP) is 6.33. The summed E-state index contributed by atoms with van der Waals surface area (Å²) in [5.74, 6) is -6.01. The molecule has 0 fully saturated rings. The molecule has 0 aliphatic heterocycles. The maximum absolute atomic E-state index is 10.5. The van der Waals surface area contributed by atoms with Gasteiger partial charge in [-0.1, -0.05) is 140 Å². The number of rotatable bonds is 9. The van der Waals surface area contributed by atoms with E-state index in [-0.39, 0.29) is 20.4 Å². The van der Waals surface area contributed by atoms with Gasteiger partial charge in [-0.15, -0.1) is 0 Å². The number of benzene rings is 5. The van der Waals surface area contributed by atoms with E-state index in [1.807, 2.05) is 0 Å². The van der Waals surface area contributed by atoms with E-state index in [1.165, 1.54) is 40.8 Å². The summed E-state index contributed by atoms with van der Waals surface area (Å²) in [6.45, 7) is 2.86. The van der Waals surface area contributed by atoms with E-state index in [2.05, 4.69) is 157 Å². The van der Waals surface area contributed by atoms with Gasteiger partial charge in [0.15, 0.2) is 0 Å². The first-order valence-electron chi connectivity index (χ1n) is 15.8. The summed E-state index contributed by atoms with van der Waals surface area (Å²) in [7, 11) is -1.09. The van der Waals surface area contributed by atoms with Crippen LogP contribution in [0.2, 0.25) is 0 Å². The second-order valence-corrected chi connectivity index (χ2v) is 14.7. The Morgan fingerprint density at radius 1 is 0.518 bits per heavy atom. The molecule has 0 aliphatic carbocycles. The smallest absolute Gasteiger partial charge is 0.542 e. The van der Waals surface area contributed by atoms with Gasteiger partial charge in [-0.3, -0.25) is 0 Å². The van der Waals surface area contributed by atoms with Gasteiger partial charge in [0.25, 0.3) is 0 Å². The van der Waals surface area contributed by atoms with Gasteiger partial charge in [0.1, 0.15) is 11.9 Å². The molecule has 0 saturated heterocycles. The zero-order chi connectivity index (χ0) is 41.3. The summed E-state index contributed by atoms with van der Waals surface area (Å²) in [4.78, 5) is 20.2. The molecule has 0 heterocycles. The van der Waals surface area contributed by atoms with Gasteiger partial charge in [0.2, 0.25) is 0 Å². The van der Waals surface area contributed by atoms with Gasteiger partial charge in [-0.2, -0.15) is 36.9 Å². The molecule has 0 atom stereocenters. The third kappa shape index (κ3) is 20.0. The van der Waals surface area contributed by atoms with E-state index in [0.29, 0.717) is 0 Å². The molecule has 0 aliphatic rings. The van der Waals surface area contributed by atoms with E-state index in [9.17, 15) is 26.3 Å². The summed E-state index contributed by atoms with van der Waals surface area (Å²) in [5, 5.41) is 37.9. The van der Waals surface area contributed by atoms with Crippen LogP contribution in [-0.4, -0.2) is 36.9 Å². The number of nitrogens with zero attached hydrogens (tertiary/aromatic N) is 3. The van der Waals surface area contributed by atoms with Crippen LogP contribution in [0.5, 0.6) is 0 Å². The molecule has 0 amide bonds. The van der Waals surface area contributed by atoms with Crippen LogP contribution in [0.15, 0.2) is 152 Å². The van der Waals surface area contributed by atoms with Gasteiger partial charge < -0.3 is 24.7 Å². The second-order valence-electron chi connectivity index (χ2n) is 10.4. The number of anilines is 1. The zero-order valence-electron chi connectivity index (χ0n) is 29.8. The van der Waals surface area contributed by atoms with Crippen LogP contribution in [0.25, 0.3) is 0 Å². The van der Waals surface area contributed by atoms with Crippen LogP contribution in [0.3, 0.4) is 0 Å². The van der Waals surface area contributed by atoms with Crippen LogP contribution in [0.4, 0.5) is 32.0 Å². The molecule has 5 rings (SSSR count). The Labute approximate surface area is 338 Å². The van der Waals surface area contributed by atoms with E-state index >= 15 is 0 Å². The van der Waals surface area contributed by atoms with Crippen molar-refractivity contribution in [2.45, 2.75) is 26.2 Å². The van der Waals surface area contributed by atoms with Crippen molar-refractivity contribution in [2.75, 3.05) is 17.5 Å². The number of para-hydroxylation sites is 1. The first-order chi connectivity index (χ1) is 26.1. The van der Waals surface area contributed by atoms with Gasteiger partial charge in [-0.05, 0) is 49.2 Å². The van der Waals surface area contributed by atoms with Gasteiger partial charge in [0, 0.05) is 32.1 Å². The third-order valence-corrected chi connectivity index (χ3v) is 11.4. The molecule has 0 unspecified atom stereocenters. The van der Waals surface area contributed by atoms with E-state index in [0.717, 1.165) is 12.6 Å². The first-order valence-corrected chi connectivity index (χ1v) is 18.9. The van der Waals surface area contributed by atoms with E-state index < -0.39 is 40.1 Å². The van der Waals surface area contributed by atoms with Crippen molar-refractivity contribution in [3.8, 4) is 12.1 Å². The number of hydrogen-bond acceptors (Lipinski definition) is 7. The maximum Gasteiger partial charge on any atom is 2.00 e. The van der Waals surface area contributed by atoms with Gasteiger partial charge in [0.05, 0.1) is 12.1 Å². The van der Waals surface area contributed by atoms with Crippen molar-refractivity contribution in [1.82, 2.24) is 0 Å². The number of alkyl halides is 6. The quantitative estimate of drug-likeness (QED) is 0.0961. The topological polar surface area (TPSA) is 131 Å². The number of carbonyl (C=O) groups excluding carboxylic acids is 2. The van der Waals surface area contributed by atoms with Crippen LogP contribution in [0, 0.1) is 22.7 Å². The number of carboxylic acid groups (broad SMARTS) is 2. The van der Waals surface area contributed by atoms with Crippen molar-refractivity contribution in [2.24, 2.45) is 0 Å². The second kappa shape index (κ2) is 27.5. The minimum Gasteiger partial charge on any atom is -0.542 e. The molecule has 0 saturated carbocycles. The number of aliphatic carboxylic acids is 2. The SMILES string of the molecule is CC#N.CC#N.O=C([O-])C(F)(F)F.O=C([O-])C(F)(F)F.[Pd+2].c1ccc(N(CP(c2ccccc2)c2ccccc2)CP(c2ccccc2)c2ccccc2)cc1. The summed E-state index contributed by atoms with van der Waals surface area (Å²) in [6, 6.07) is 58.6. The largest absolute Gasteiger partial charge is 2.00 e.